The van der Waals surface area contributed by atoms with Gasteiger partial charge in [-0.15, -0.1) is 0 Å². The highest BCUT2D eigenvalue weighted by molar-refractivity contribution is 5.72. The van der Waals surface area contributed by atoms with E-state index in [1.807, 2.05) is 30.3 Å². The lowest BCUT2D eigenvalue weighted by Crippen LogP contribution is -2.20. The van der Waals surface area contributed by atoms with Gasteiger partial charge in [0.05, 0.1) is 12.6 Å². The van der Waals surface area contributed by atoms with Crippen molar-refractivity contribution >= 4 is 5.97 Å². The molecule has 4 nitrogen and oxygen atoms in total. The van der Waals surface area contributed by atoms with Crippen LogP contribution in [-0.2, 0) is 11.2 Å². The van der Waals surface area contributed by atoms with E-state index in [1.165, 1.54) is 11.1 Å². The van der Waals surface area contributed by atoms with Crippen LogP contribution in [0.3, 0.4) is 0 Å². The zero-order chi connectivity index (χ0) is 10.5. The van der Waals surface area contributed by atoms with Crippen molar-refractivity contribution in [3.05, 3.63) is 54.6 Å². The van der Waals surface area contributed by atoms with Gasteiger partial charge in [0.15, 0.2) is 0 Å². The van der Waals surface area contributed by atoms with E-state index in [1.54, 1.807) is 12.4 Å². The Balaban J connectivity index is 1.94. The van der Waals surface area contributed by atoms with E-state index in [0.29, 0.717) is 0 Å². The predicted octanol–water partition coefficient (Wildman–Crippen LogP) is 1.08. The summed E-state index contributed by atoms with van der Waals surface area (Å²) < 4.78 is 1.28. The summed E-state index contributed by atoms with van der Waals surface area (Å²) in [6, 6.07) is 9.45. The molecule has 0 bridgehead atoms. The van der Waals surface area contributed by atoms with Gasteiger partial charge in [0.25, 0.3) is 0 Å². The molecule has 15 heavy (non-hydrogen) atoms. The van der Waals surface area contributed by atoms with Gasteiger partial charge in [0.2, 0.25) is 0 Å². The number of hydrogen-bond donors (Lipinski definition) is 0. The first-order valence-corrected chi connectivity index (χ1v) is 4.57. The zero-order valence-electron chi connectivity index (χ0n) is 8.04. The summed E-state index contributed by atoms with van der Waals surface area (Å²) in [5.41, 5.74) is 0.933. The summed E-state index contributed by atoms with van der Waals surface area (Å²) >= 11 is 0. The highest BCUT2D eigenvalue weighted by atomic mass is 16.7. The molecule has 0 N–H and O–H groups in total. The normalized spacial score (nSPS) is 9.87. The Bertz CT molecular complexity index is 423. The summed E-state index contributed by atoms with van der Waals surface area (Å²) in [6.45, 7) is 0. The Kier molecular flexibility index (Phi) is 2.78. The molecule has 0 unspecified atom stereocenters. The van der Waals surface area contributed by atoms with E-state index < -0.39 is 0 Å². The number of rotatable bonds is 3. The van der Waals surface area contributed by atoms with Crippen LogP contribution in [-0.4, -0.2) is 15.7 Å². The van der Waals surface area contributed by atoms with Crippen LogP contribution in [0.4, 0.5) is 0 Å². The topological polar surface area (TPSA) is 44.1 Å². The molecule has 76 valence electrons. The van der Waals surface area contributed by atoms with Crippen molar-refractivity contribution in [1.82, 2.24) is 9.71 Å². The Morgan fingerprint density at radius 2 is 2.13 bits per heavy atom. The first-order chi connectivity index (χ1) is 7.34. The summed E-state index contributed by atoms with van der Waals surface area (Å²) in [6.07, 6.45) is 4.82. The number of hydrogen-bond acceptors (Lipinski definition) is 3. The van der Waals surface area contributed by atoms with Crippen LogP contribution >= 0.6 is 0 Å². The van der Waals surface area contributed by atoms with Gasteiger partial charge in [-0.2, -0.15) is 4.73 Å². The standard InChI is InChI=1S/C11H10N2O2/c14-11(15-13-7-6-12-9-13)8-10-4-2-1-3-5-10/h1-7,9H,8H2. The molecular weight excluding hydrogens is 192 g/mol. The highest BCUT2D eigenvalue weighted by Crippen LogP contribution is 1.99. The monoisotopic (exact) mass is 202 g/mol. The molecule has 0 aliphatic rings. The maximum absolute atomic E-state index is 11.4. The predicted molar refractivity (Wildman–Crippen MR) is 54.0 cm³/mol. The lowest BCUT2D eigenvalue weighted by molar-refractivity contribution is -0.143. The first kappa shape index (κ1) is 9.45. The van der Waals surface area contributed by atoms with Gasteiger partial charge in [0, 0.05) is 6.20 Å². The summed E-state index contributed by atoms with van der Waals surface area (Å²) in [7, 11) is 0. The van der Waals surface area contributed by atoms with Gasteiger partial charge < -0.3 is 4.84 Å². The Labute approximate surface area is 87.1 Å². The molecule has 1 aromatic carbocycles. The Morgan fingerprint density at radius 3 is 2.80 bits per heavy atom. The van der Waals surface area contributed by atoms with Gasteiger partial charge in [-0.1, -0.05) is 30.3 Å². The molecule has 0 atom stereocenters. The fourth-order valence-corrected chi connectivity index (χ4v) is 1.21. The largest absolute Gasteiger partial charge is 0.337 e. The van der Waals surface area contributed by atoms with E-state index in [9.17, 15) is 4.79 Å². The van der Waals surface area contributed by atoms with Gasteiger partial charge in [0.1, 0.15) is 6.33 Å². The molecule has 0 radical (unpaired) electrons. The second kappa shape index (κ2) is 4.41. The van der Waals surface area contributed by atoms with Crippen LogP contribution in [0.2, 0.25) is 0 Å². The van der Waals surface area contributed by atoms with Crippen LogP contribution in [0.25, 0.3) is 0 Å². The maximum Gasteiger partial charge on any atom is 0.337 e. The fourth-order valence-electron chi connectivity index (χ4n) is 1.21. The van der Waals surface area contributed by atoms with Crippen molar-refractivity contribution in [3.8, 4) is 0 Å². The lowest BCUT2D eigenvalue weighted by atomic mass is 10.2. The number of carbonyl (C=O) groups excluding carboxylic acids is 1. The Hall–Kier alpha value is -2.10. The average molecular weight is 202 g/mol. The van der Waals surface area contributed by atoms with E-state index in [2.05, 4.69) is 4.98 Å². The molecule has 2 rings (SSSR count). The van der Waals surface area contributed by atoms with Crippen molar-refractivity contribution in [2.24, 2.45) is 0 Å². The zero-order valence-corrected chi connectivity index (χ0v) is 8.04. The fraction of sp³-hybridized carbons (Fsp3) is 0.0909. The molecule has 0 saturated heterocycles. The van der Waals surface area contributed by atoms with Gasteiger partial charge >= 0.3 is 5.97 Å². The molecule has 1 aromatic heterocycles. The van der Waals surface area contributed by atoms with Gasteiger partial charge in [-0.3, -0.25) is 0 Å². The third kappa shape index (κ3) is 2.67. The minimum atomic E-state index is -0.306. The van der Waals surface area contributed by atoms with Crippen molar-refractivity contribution in [2.75, 3.05) is 0 Å². The summed E-state index contributed by atoms with van der Waals surface area (Å²) in [4.78, 5) is 20.2. The molecule has 0 spiro atoms. The summed E-state index contributed by atoms with van der Waals surface area (Å²) in [5, 5.41) is 0. The molecule has 2 aromatic rings. The second-order valence-corrected chi connectivity index (χ2v) is 3.05. The molecule has 1 heterocycles. The second-order valence-electron chi connectivity index (χ2n) is 3.05. The van der Waals surface area contributed by atoms with Crippen LogP contribution in [0.1, 0.15) is 5.56 Å². The van der Waals surface area contributed by atoms with E-state index in [0.717, 1.165) is 5.56 Å². The minimum Gasteiger partial charge on any atom is -0.335 e. The van der Waals surface area contributed by atoms with Crippen LogP contribution in [0.5, 0.6) is 0 Å². The quantitative estimate of drug-likeness (QED) is 0.748. The molecule has 0 aliphatic heterocycles. The number of benzene rings is 1. The average Bonchev–Trinajstić information content (AvgIpc) is 2.71. The smallest absolute Gasteiger partial charge is 0.335 e. The Morgan fingerprint density at radius 1 is 1.33 bits per heavy atom. The molecule has 0 amide bonds. The SMILES string of the molecule is O=C(Cc1ccccc1)On1ccnc1. The van der Waals surface area contributed by atoms with E-state index >= 15 is 0 Å². The number of aromatic nitrogens is 2. The van der Waals surface area contributed by atoms with Gasteiger partial charge in [-0.25, -0.2) is 9.78 Å². The molecular formula is C11H10N2O2. The van der Waals surface area contributed by atoms with E-state index in [4.69, 9.17) is 4.84 Å². The maximum atomic E-state index is 11.4. The van der Waals surface area contributed by atoms with Crippen molar-refractivity contribution < 1.29 is 9.63 Å². The lowest BCUT2D eigenvalue weighted by Gasteiger charge is -2.02. The number of imidazole rings is 1. The van der Waals surface area contributed by atoms with Crippen molar-refractivity contribution in [3.63, 3.8) is 0 Å². The van der Waals surface area contributed by atoms with Crippen molar-refractivity contribution in [2.45, 2.75) is 6.42 Å². The first-order valence-electron chi connectivity index (χ1n) is 4.57. The molecule has 4 heteroatoms. The van der Waals surface area contributed by atoms with Crippen LogP contribution in [0.15, 0.2) is 49.1 Å². The van der Waals surface area contributed by atoms with Crippen LogP contribution < -0.4 is 4.84 Å². The van der Waals surface area contributed by atoms with Crippen LogP contribution in [0, 0.1) is 0 Å². The van der Waals surface area contributed by atoms with E-state index in [-0.39, 0.29) is 12.4 Å². The third-order valence-electron chi connectivity index (χ3n) is 1.88. The summed E-state index contributed by atoms with van der Waals surface area (Å²) in [5.74, 6) is -0.306. The van der Waals surface area contributed by atoms with Gasteiger partial charge in [-0.05, 0) is 5.56 Å². The molecule has 0 saturated carbocycles. The number of nitrogens with zero attached hydrogens (tertiary/aromatic N) is 2. The third-order valence-corrected chi connectivity index (χ3v) is 1.88. The highest BCUT2D eigenvalue weighted by Gasteiger charge is 2.05. The molecule has 0 aliphatic carbocycles. The van der Waals surface area contributed by atoms with Crippen molar-refractivity contribution in [1.29, 1.82) is 0 Å². The minimum absolute atomic E-state index is 0.263. The number of carbonyl (C=O) groups is 1. The molecule has 0 fully saturated rings.